The van der Waals surface area contributed by atoms with Crippen LogP contribution in [0.4, 0.5) is 29.3 Å². The summed E-state index contributed by atoms with van der Waals surface area (Å²) in [5, 5.41) is 9.94. The molecule has 0 aliphatic carbocycles. The predicted octanol–water partition coefficient (Wildman–Crippen LogP) is 4.51. The van der Waals surface area contributed by atoms with Crippen molar-refractivity contribution >= 4 is 29.2 Å². The average Bonchev–Trinajstić information content (AvgIpc) is 2.82. The highest BCUT2D eigenvalue weighted by atomic mass is 19.4. The molecule has 10 heteroatoms. The monoisotopic (exact) mass is 470 g/mol. The summed E-state index contributed by atoms with van der Waals surface area (Å²) in [5.41, 5.74) is -0.223. The summed E-state index contributed by atoms with van der Waals surface area (Å²) < 4.78 is 39.1. The Morgan fingerprint density at radius 2 is 1.18 bits per heavy atom. The molecule has 0 aliphatic heterocycles. The van der Waals surface area contributed by atoms with Crippen LogP contribution in [0.5, 0.6) is 0 Å². The zero-order chi connectivity index (χ0) is 24.6. The third-order valence-electron chi connectivity index (χ3n) is 4.62. The molecule has 0 spiro atoms. The third kappa shape index (κ3) is 6.83. The second kappa shape index (κ2) is 11.0. The number of carbonyl (C=O) groups excluding carboxylic acids is 3. The van der Waals surface area contributed by atoms with E-state index in [4.69, 9.17) is 0 Å². The fourth-order valence-electron chi connectivity index (χ4n) is 2.97. The number of halogens is 3. The Kier molecular flexibility index (Phi) is 7.86. The molecule has 4 N–H and O–H groups in total. The number of anilines is 2. The Balaban J connectivity index is 1.47. The molecule has 0 fully saturated rings. The average molecular weight is 470 g/mol. The second-order valence-electron chi connectivity index (χ2n) is 7.08. The van der Waals surface area contributed by atoms with Crippen LogP contribution in [0.15, 0.2) is 78.9 Å². The molecule has 0 heterocycles. The predicted molar refractivity (Wildman–Crippen MR) is 122 cm³/mol. The van der Waals surface area contributed by atoms with Crippen LogP contribution in [0.3, 0.4) is 0 Å². The van der Waals surface area contributed by atoms with Crippen molar-refractivity contribution in [3.8, 4) is 0 Å². The van der Waals surface area contributed by atoms with Crippen molar-refractivity contribution in [3.05, 3.63) is 95.6 Å². The number of benzene rings is 3. The first-order valence-corrected chi connectivity index (χ1v) is 10.2. The van der Waals surface area contributed by atoms with Crippen molar-refractivity contribution in [2.45, 2.75) is 6.18 Å². The van der Waals surface area contributed by atoms with Crippen LogP contribution >= 0.6 is 0 Å². The Hall–Kier alpha value is -4.34. The Morgan fingerprint density at radius 1 is 0.647 bits per heavy atom. The lowest BCUT2D eigenvalue weighted by atomic mass is 10.1. The number of alkyl halides is 3. The third-order valence-corrected chi connectivity index (χ3v) is 4.62. The first-order valence-electron chi connectivity index (χ1n) is 10.2. The van der Waals surface area contributed by atoms with Gasteiger partial charge < -0.3 is 21.3 Å². The van der Waals surface area contributed by atoms with Crippen molar-refractivity contribution in [3.63, 3.8) is 0 Å². The molecule has 0 atom stereocenters. The summed E-state index contributed by atoms with van der Waals surface area (Å²) in [5.74, 6) is -0.634. The van der Waals surface area contributed by atoms with Gasteiger partial charge in [0, 0.05) is 29.9 Å². The molecule has 4 amide bonds. The molecular formula is C24H21F3N4O3. The van der Waals surface area contributed by atoms with Crippen LogP contribution in [-0.2, 0) is 6.18 Å². The zero-order valence-electron chi connectivity index (χ0n) is 17.8. The van der Waals surface area contributed by atoms with E-state index < -0.39 is 17.8 Å². The molecular weight excluding hydrogens is 449 g/mol. The van der Waals surface area contributed by atoms with Crippen LogP contribution in [0.1, 0.15) is 26.3 Å². The molecule has 0 unspecified atom stereocenters. The fraction of sp³-hybridized carbons (Fsp3) is 0.125. The van der Waals surface area contributed by atoms with E-state index in [1.54, 1.807) is 30.3 Å². The number of carbonyl (C=O) groups is 3. The van der Waals surface area contributed by atoms with E-state index in [1.807, 2.05) is 0 Å². The topological polar surface area (TPSA) is 99.3 Å². The largest absolute Gasteiger partial charge is 0.418 e. The summed E-state index contributed by atoms with van der Waals surface area (Å²) in [6.07, 6.45) is -4.61. The van der Waals surface area contributed by atoms with Crippen LogP contribution < -0.4 is 21.3 Å². The van der Waals surface area contributed by atoms with Crippen molar-refractivity contribution < 1.29 is 27.6 Å². The standard InChI is InChI=1S/C24H21F3N4O3/c25-24(26,27)19-8-4-5-9-20(19)31-23(34)30-18-12-10-17(11-13-18)22(33)29-15-14-28-21(32)16-6-2-1-3-7-16/h1-13H,14-15H2,(H,28,32)(H,29,33)(H2,30,31,34). The first kappa shape index (κ1) is 24.3. The van der Waals surface area contributed by atoms with E-state index in [0.29, 0.717) is 11.1 Å². The SMILES string of the molecule is O=C(Nc1ccc(C(=O)NCCNC(=O)c2ccccc2)cc1)Nc1ccccc1C(F)(F)F. The van der Waals surface area contributed by atoms with Gasteiger partial charge in [0.05, 0.1) is 11.3 Å². The highest BCUT2D eigenvalue weighted by Gasteiger charge is 2.33. The van der Waals surface area contributed by atoms with Gasteiger partial charge in [-0.05, 0) is 48.5 Å². The molecule has 0 bridgehead atoms. The van der Waals surface area contributed by atoms with E-state index in [2.05, 4.69) is 21.3 Å². The van der Waals surface area contributed by atoms with Crippen molar-refractivity contribution in [1.82, 2.24) is 10.6 Å². The van der Waals surface area contributed by atoms with E-state index in [1.165, 1.54) is 36.4 Å². The Morgan fingerprint density at radius 3 is 1.76 bits per heavy atom. The molecule has 3 aromatic carbocycles. The fourth-order valence-corrected chi connectivity index (χ4v) is 2.97. The number of urea groups is 1. The van der Waals surface area contributed by atoms with E-state index in [9.17, 15) is 27.6 Å². The van der Waals surface area contributed by atoms with E-state index in [0.717, 1.165) is 12.1 Å². The molecule has 7 nitrogen and oxygen atoms in total. The normalized spacial score (nSPS) is 10.8. The van der Waals surface area contributed by atoms with Gasteiger partial charge in [0.25, 0.3) is 11.8 Å². The van der Waals surface area contributed by atoms with Gasteiger partial charge in [-0.3, -0.25) is 9.59 Å². The molecule has 3 rings (SSSR count). The molecule has 176 valence electrons. The lowest BCUT2D eigenvalue weighted by Gasteiger charge is -2.14. The second-order valence-corrected chi connectivity index (χ2v) is 7.08. The van der Waals surface area contributed by atoms with Crippen LogP contribution in [0.25, 0.3) is 0 Å². The minimum Gasteiger partial charge on any atom is -0.350 e. The molecule has 0 aromatic heterocycles. The van der Waals surface area contributed by atoms with Gasteiger partial charge in [0.1, 0.15) is 0 Å². The molecule has 34 heavy (non-hydrogen) atoms. The summed E-state index contributed by atoms with van der Waals surface area (Å²) >= 11 is 0. The first-order chi connectivity index (χ1) is 16.2. The zero-order valence-corrected chi connectivity index (χ0v) is 17.8. The molecule has 0 aliphatic rings. The van der Waals surface area contributed by atoms with E-state index >= 15 is 0 Å². The highest BCUT2D eigenvalue weighted by Crippen LogP contribution is 2.34. The summed E-state index contributed by atoms with van der Waals surface area (Å²) in [6.45, 7) is 0.442. The van der Waals surface area contributed by atoms with Gasteiger partial charge in [0.2, 0.25) is 0 Å². The van der Waals surface area contributed by atoms with Gasteiger partial charge in [-0.15, -0.1) is 0 Å². The van der Waals surface area contributed by atoms with Gasteiger partial charge in [-0.2, -0.15) is 13.2 Å². The summed E-state index contributed by atoms with van der Waals surface area (Å²) in [6, 6.07) is 18.2. The Bertz CT molecular complexity index is 1150. The number of amides is 4. The number of para-hydroxylation sites is 1. The van der Waals surface area contributed by atoms with Crippen LogP contribution in [0.2, 0.25) is 0 Å². The maximum absolute atomic E-state index is 13.0. The van der Waals surface area contributed by atoms with Crippen molar-refractivity contribution in [2.75, 3.05) is 23.7 Å². The van der Waals surface area contributed by atoms with Gasteiger partial charge in [-0.25, -0.2) is 4.79 Å². The lowest BCUT2D eigenvalue weighted by molar-refractivity contribution is -0.136. The maximum Gasteiger partial charge on any atom is 0.418 e. The smallest absolute Gasteiger partial charge is 0.350 e. The number of hydrogen-bond acceptors (Lipinski definition) is 3. The minimum absolute atomic E-state index is 0.207. The van der Waals surface area contributed by atoms with Gasteiger partial charge in [-0.1, -0.05) is 30.3 Å². The summed E-state index contributed by atoms with van der Waals surface area (Å²) in [4.78, 5) is 36.3. The number of rotatable bonds is 7. The molecule has 0 saturated heterocycles. The quantitative estimate of drug-likeness (QED) is 0.383. The van der Waals surface area contributed by atoms with Gasteiger partial charge in [0.15, 0.2) is 0 Å². The van der Waals surface area contributed by atoms with Crippen LogP contribution in [0, 0.1) is 0 Å². The maximum atomic E-state index is 13.0. The molecule has 0 radical (unpaired) electrons. The lowest BCUT2D eigenvalue weighted by Crippen LogP contribution is -2.34. The van der Waals surface area contributed by atoms with Gasteiger partial charge >= 0.3 is 12.2 Å². The molecule has 3 aromatic rings. The Labute approximate surface area is 193 Å². The van der Waals surface area contributed by atoms with Crippen molar-refractivity contribution in [1.29, 1.82) is 0 Å². The molecule has 0 saturated carbocycles. The van der Waals surface area contributed by atoms with Crippen molar-refractivity contribution in [2.24, 2.45) is 0 Å². The number of nitrogens with one attached hydrogen (secondary N) is 4. The number of hydrogen-bond donors (Lipinski definition) is 4. The van der Waals surface area contributed by atoms with Crippen LogP contribution in [-0.4, -0.2) is 30.9 Å². The highest BCUT2D eigenvalue weighted by molar-refractivity contribution is 6.01. The van der Waals surface area contributed by atoms with E-state index in [-0.39, 0.29) is 36.3 Å². The minimum atomic E-state index is -4.61. The summed E-state index contributed by atoms with van der Waals surface area (Å²) in [7, 11) is 0.